The fourth-order valence-electron chi connectivity index (χ4n) is 1.66. The van der Waals surface area contributed by atoms with E-state index in [4.69, 9.17) is 16.3 Å². The van der Waals surface area contributed by atoms with Gasteiger partial charge in [-0.1, -0.05) is 16.4 Å². The fraction of sp³-hybridized carbons (Fsp3) is 0.308. The highest BCUT2D eigenvalue weighted by molar-refractivity contribution is 6.31. The minimum atomic E-state index is -0.756. The number of tetrazole rings is 1. The fourth-order valence-corrected chi connectivity index (χ4v) is 1.78. The van der Waals surface area contributed by atoms with Crippen LogP contribution in [0.1, 0.15) is 12.5 Å². The highest BCUT2D eigenvalue weighted by Gasteiger charge is 2.15. The number of halogens is 1. The number of carbonyl (C=O) groups excluding carboxylic acids is 1. The molecular weight excluding hydrogens is 354 g/mol. The lowest BCUT2D eigenvalue weighted by Gasteiger charge is -2.07. The summed E-state index contributed by atoms with van der Waals surface area (Å²) in [7, 11) is 0. The van der Waals surface area contributed by atoms with Gasteiger partial charge in [0.1, 0.15) is 12.3 Å². The van der Waals surface area contributed by atoms with Crippen molar-refractivity contribution in [2.45, 2.75) is 20.4 Å². The molecule has 0 aliphatic carbocycles. The summed E-state index contributed by atoms with van der Waals surface area (Å²) in [5.74, 6) is -0.565. The van der Waals surface area contributed by atoms with E-state index in [1.54, 1.807) is 25.1 Å². The zero-order valence-corrected chi connectivity index (χ0v) is 14.1. The average molecular weight is 368 g/mol. The molecule has 0 saturated heterocycles. The number of carbonyl (C=O) groups is 1. The van der Waals surface area contributed by atoms with Gasteiger partial charge < -0.3 is 14.9 Å². The number of aromatic nitrogens is 4. The average Bonchev–Trinajstić information content (AvgIpc) is 3.03. The van der Waals surface area contributed by atoms with Crippen LogP contribution >= 0.6 is 11.6 Å². The Bertz CT molecular complexity index is 820. The van der Waals surface area contributed by atoms with Gasteiger partial charge in [0, 0.05) is 10.2 Å². The Kier molecular flexibility index (Phi) is 5.95. The molecule has 25 heavy (non-hydrogen) atoms. The summed E-state index contributed by atoms with van der Waals surface area (Å²) >= 11 is 5.91. The Labute approximate surface area is 146 Å². The molecule has 12 heteroatoms. The third kappa shape index (κ3) is 5.49. The Hall–Kier alpha value is -3.08. The molecule has 2 aromatic rings. The van der Waals surface area contributed by atoms with E-state index in [1.807, 2.05) is 6.92 Å². The molecule has 1 amide bonds. The normalized spacial score (nSPS) is 11.2. The van der Waals surface area contributed by atoms with Crippen LogP contribution in [-0.2, 0) is 11.3 Å². The van der Waals surface area contributed by atoms with Crippen molar-refractivity contribution in [3.8, 4) is 5.75 Å². The number of nitrogens with one attached hydrogen (secondary N) is 1. The van der Waals surface area contributed by atoms with Gasteiger partial charge in [-0.25, -0.2) is 5.43 Å². The van der Waals surface area contributed by atoms with E-state index in [9.17, 15) is 14.9 Å². The molecule has 11 nitrogen and oxygen atoms in total. The number of hydrogen-bond donors (Lipinski definition) is 1. The van der Waals surface area contributed by atoms with E-state index in [0.29, 0.717) is 16.5 Å². The molecule has 0 spiro atoms. The molecule has 0 radical (unpaired) electrons. The topological polar surface area (TPSA) is 137 Å². The van der Waals surface area contributed by atoms with Crippen LogP contribution in [0, 0.1) is 17.0 Å². The monoisotopic (exact) mass is 367 g/mol. The van der Waals surface area contributed by atoms with Crippen molar-refractivity contribution in [2.75, 3.05) is 6.61 Å². The van der Waals surface area contributed by atoms with Gasteiger partial charge in [-0.3, -0.25) is 4.79 Å². The van der Waals surface area contributed by atoms with E-state index in [-0.39, 0.29) is 13.2 Å². The van der Waals surface area contributed by atoms with Gasteiger partial charge in [-0.05, 0) is 42.5 Å². The largest absolute Gasteiger partial charge is 0.514 e. The number of nitro groups is 1. The van der Waals surface area contributed by atoms with Crippen LogP contribution in [0.4, 0.5) is 5.95 Å². The van der Waals surface area contributed by atoms with Crippen molar-refractivity contribution in [3.05, 3.63) is 38.9 Å². The first-order chi connectivity index (χ1) is 11.8. The number of ether oxygens (including phenoxy) is 1. The second-order valence-electron chi connectivity index (χ2n) is 4.96. The summed E-state index contributed by atoms with van der Waals surface area (Å²) in [6, 6.07) is 5.05. The second-order valence-corrected chi connectivity index (χ2v) is 5.37. The predicted molar refractivity (Wildman–Crippen MR) is 87.4 cm³/mol. The van der Waals surface area contributed by atoms with Crippen molar-refractivity contribution in [2.24, 2.45) is 5.10 Å². The van der Waals surface area contributed by atoms with Gasteiger partial charge in [0.25, 0.3) is 5.91 Å². The molecule has 0 saturated carbocycles. The van der Waals surface area contributed by atoms with E-state index >= 15 is 0 Å². The maximum absolute atomic E-state index is 11.7. The van der Waals surface area contributed by atoms with Crippen molar-refractivity contribution in [1.29, 1.82) is 0 Å². The Morgan fingerprint density at radius 1 is 1.52 bits per heavy atom. The van der Waals surface area contributed by atoms with Crippen LogP contribution in [0.15, 0.2) is 23.3 Å². The Morgan fingerprint density at radius 2 is 2.28 bits per heavy atom. The first kappa shape index (κ1) is 18.3. The van der Waals surface area contributed by atoms with Crippen LogP contribution in [0.25, 0.3) is 0 Å². The van der Waals surface area contributed by atoms with Gasteiger partial charge in [0.15, 0.2) is 6.61 Å². The van der Waals surface area contributed by atoms with E-state index in [2.05, 4.69) is 25.9 Å². The SMILES string of the molecule is C/C(Cn1nnc([N+](=O)[O-])n1)=N\NC(=O)COc1ccc(Cl)c(C)c1. The molecule has 2 rings (SSSR count). The third-order valence-electron chi connectivity index (χ3n) is 2.85. The number of benzene rings is 1. The molecule has 1 aromatic heterocycles. The van der Waals surface area contributed by atoms with Gasteiger partial charge >= 0.3 is 5.95 Å². The lowest BCUT2D eigenvalue weighted by molar-refractivity contribution is -0.394. The summed E-state index contributed by atoms with van der Waals surface area (Å²) in [5.41, 5.74) is 3.56. The molecule has 0 atom stereocenters. The summed E-state index contributed by atoms with van der Waals surface area (Å²) in [6.07, 6.45) is 0. The highest BCUT2D eigenvalue weighted by atomic mass is 35.5. The second kappa shape index (κ2) is 8.15. The molecule has 1 aromatic carbocycles. The lowest BCUT2D eigenvalue weighted by Crippen LogP contribution is -2.26. The van der Waals surface area contributed by atoms with Gasteiger partial charge in [0.2, 0.25) is 0 Å². The Balaban J connectivity index is 1.81. The molecule has 1 N–H and O–H groups in total. The molecule has 0 aliphatic heterocycles. The minimum Gasteiger partial charge on any atom is -0.484 e. The number of hydrogen-bond acceptors (Lipinski definition) is 8. The van der Waals surface area contributed by atoms with E-state index in [1.165, 1.54) is 0 Å². The van der Waals surface area contributed by atoms with Crippen LogP contribution in [0.5, 0.6) is 5.75 Å². The standard InChI is InChI=1S/C13H14ClN7O4/c1-8-5-10(3-4-11(8)14)25-7-12(22)16-15-9(2)6-20-18-13(17-19-20)21(23)24/h3-5H,6-7H2,1-2H3,(H,16,22)/b15-9+. The predicted octanol–water partition coefficient (Wildman–Crippen LogP) is 1.11. The summed E-state index contributed by atoms with van der Waals surface area (Å²) in [5, 5.41) is 25.2. The van der Waals surface area contributed by atoms with E-state index in [0.717, 1.165) is 10.4 Å². The molecule has 0 bridgehead atoms. The number of rotatable bonds is 7. The summed E-state index contributed by atoms with van der Waals surface area (Å²) < 4.78 is 5.33. The van der Waals surface area contributed by atoms with Crippen LogP contribution < -0.4 is 10.2 Å². The molecule has 0 aliphatic rings. The third-order valence-corrected chi connectivity index (χ3v) is 3.27. The van der Waals surface area contributed by atoms with Gasteiger partial charge in [-0.15, -0.1) is 0 Å². The first-order valence-electron chi connectivity index (χ1n) is 6.98. The van der Waals surface area contributed by atoms with E-state index < -0.39 is 16.8 Å². The number of amides is 1. The van der Waals surface area contributed by atoms with Crippen LogP contribution in [0.2, 0.25) is 5.02 Å². The van der Waals surface area contributed by atoms with Crippen molar-refractivity contribution < 1.29 is 14.5 Å². The lowest BCUT2D eigenvalue weighted by atomic mass is 10.2. The van der Waals surface area contributed by atoms with Crippen molar-refractivity contribution in [1.82, 2.24) is 25.6 Å². The number of nitrogens with zero attached hydrogens (tertiary/aromatic N) is 6. The minimum absolute atomic E-state index is 0.0400. The highest BCUT2D eigenvalue weighted by Crippen LogP contribution is 2.20. The maximum Gasteiger partial charge on any atom is 0.514 e. The quantitative estimate of drug-likeness (QED) is 0.439. The molecule has 0 unspecified atom stereocenters. The zero-order chi connectivity index (χ0) is 18.4. The molecule has 1 heterocycles. The van der Waals surface area contributed by atoms with Crippen molar-refractivity contribution in [3.63, 3.8) is 0 Å². The molecule has 132 valence electrons. The number of hydrazone groups is 1. The summed E-state index contributed by atoms with van der Waals surface area (Å²) in [6.45, 7) is 3.23. The zero-order valence-electron chi connectivity index (χ0n) is 13.3. The van der Waals surface area contributed by atoms with Crippen molar-refractivity contribution >= 4 is 29.2 Å². The first-order valence-corrected chi connectivity index (χ1v) is 7.36. The van der Waals surface area contributed by atoms with Gasteiger partial charge in [0.05, 0.1) is 15.9 Å². The van der Waals surface area contributed by atoms with Crippen LogP contribution in [-0.4, -0.2) is 43.4 Å². The van der Waals surface area contributed by atoms with Crippen LogP contribution in [0.3, 0.4) is 0 Å². The summed E-state index contributed by atoms with van der Waals surface area (Å²) in [4.78, 5) is 22.4. The van der Waals surface area contributed by atoms with Gasteiger partial charge in [-0.2, -0.15) is 5.10 Å². The maximum atomic E-state index is 11.7. The molecule has 0 fully saturated rings. The molecular formula is C13H14ClN7O4. The number of aryl methyl sites for hydroxylation is 1. The Morgan fingerprint density at radius 3 is 2.92 bits per heavy atom. The smallest absolute Gasteiger partial charge is 0.484 e.